The van der Waals surface area contributed by atoms with Crippen molar-refractivity contribution in [3.05, 3.63) is 82.1 Å². The monoisotopic (exact) mass is 504 g/mol. The van der Waals surface area contributed by atoms with Crippen molar-refractivity contribution in [3.8, 4) is 0 Å². The molecule has 1 heterocycles. The van der Waals surface area contributed by atoms with E-state index in [0.29, 0.717) is 19.6 Å². The second-order valence-electron chi connectivity index (χ2n) is 7.73. The Morgan fingerprint density at radius 1 is 1.25 bits per heavy atom. The van der Waals surface area contributed by atoms with Crippen molar-refractivity contribution in [1.82, 2.24) is 0 Å². The lowest BCUT2D eigenvalue weighted by atomic mass is 9.75. The Morgan fingerprint density at radius 2 is 2.07 bits per heavy atom. The molecule has 0 radical (unpaired) electrons. The fourth-order valence-corrected chi connectivity index (χ4v) is 5.33. The number of ether oxygens (including phenoxy) is 2. The zero-order valence-electron chi connectivity index (χ0n) is 15.5. The number of hydrogen-bond donors (Lipinski definition) is 0. The smallest absolute Gasteiger partial charge is 0.313 e. The van der Waals surface area contributed by atoms with Crippen LogP contribution in [-0.4, -0.2) is 17.4 Å². The molecule has 3 aliphatic rings. The van der Waals surface area contributed by atoms with Crippen molar-refractivity contribution in [3.63, 3.8) is 0 Å². The average molecular weight is 506 g/mol. The van der Waals surface area contributed by atoms with Gasteiger partial charge in [-0.2, -0.15) is 0 Å². The van der Waals surface area contributed by atoms with Gasteiger partial charge in [-0.1, -0.05) is 74.4 Å². The molecule has 2 aliphatic carbocycles. The number of esters is 1. The standard InChI is InChI=1S/C23H22Br2O3/c1-15-8-18-14-28-22(26)23(18,11-15)12-16-6-7-20(10-19(24)9-16)27-13-17-4-2-3-5-21(17)25/h2-7,9-10,18-19H,1,8,11-14H2. The van der Waals surface area contributed by atoms with E-state index < -0.39 is 5.41 Å². The second kappa shape index (κ2) is 8.03. The molecule has 1 saturated carbocycles. The van der Waals surface area contributed by atoms with Crippen molar-refractivity contribution in [2.24, 2.45) is 11.3 Å². The predicted octanol–water partition coefficient (Wildman–Crippen LogP) is 6.01. The van der Waals surface area contributed by atoms with Crippen molar-refractivity contribution in [2.45, 2.75) is 30.7 Å². The number of hydrogen-bond acceptors (Lipinski definition) is 3. The summed E-state index contributed by atoms with van der Waals surface area (Å²) in [5, 5.41) is 0. The van der Waals surface area contributed by atoms with Crippen LogP contribution >= 0.6 is 31.9 Å². The molecule has 0 spiro atoms. The van der Waals surface area contributed by atoms with Gasteiger partial charge in [0.1, 0.15) is 12.4 Å². The van der Waals surface area contributed by atoms with E-state index in [1.54, 1.807) is 0 Å². The number of halogens is 2. The van der Waals surface area contributed by atoms with Crippen LogP contribution in [0.4, 0.5) is 0 Å². The van der Waals surface area contributed by atoms with E-state index in [-0.39, 0.29) is 16.7 Å². The number of rotatable bonds is 5. The average Bonchev–Trinajstić information content (AvgIpc) is 3.04. The summed E-state index contributed by atoms with van der Waals surface area (Å²) in [7, 11) is 0. The molecule has 2 fully saturated rings. The van der Waals surface area contributed by atoms with Crippen LogP contribution in [0.25, 0.3) is 0 Å². The lowest BCUT2D eigenvalue weighted by Crippen LogP contribution is -2.29. The summed E-state index contributed by atoms with van der Waals surface area (Å²) < 4.78 is 12.5. The second-order valence-corrected chi connectivity index (χ2v) is 9.64. The molecule has 4 rings (SSSR count). The summed E-state index contributed by atoms with van der Waals surface area (Å²) in [4.78, 5) is 12.6. The fourth-order valence-electron chi connectivity index (χ4n) is 4.33. The normalized spacial score (nSPS) is 29.1. The summed E-state index contributed by atoms with van der Waals surface area (Å²) in [6.45, 7) is 5.14. The summed E-state index contributed by atoms with van der Waals surface area (Å²) in [5.74, 6) is 0.986. The first kappa shape index (κ1) is 19.7. The molecule has 1 saturated heterocycles. The van der Waals surface area contributed by atoms with Crippen LogP contribution in [0.1, 0.15) is 24.8 Å². The molecule has 0 bridgehead atoms. The van der Waals surface area contributed by atoms with Gasteiger partial charge in [0.15, 0.2) is 0 Å². The molecule has 146 valence electrons. The summed E-state index contributed by atoms with van der Waals surface area (Å²) in [5.41, 5.74) is 2.93. The quantitative estimate of drug-likeness (QED) is 0.279. The predicted molar refractivity (Wildman–Crippen MR) is 117 cm³/mol. The van der Waals surface area contributed by atoms with Gasteiger partial charge in [-0.25, -0.2) is 0 Å². The Kier molecular flexibility index (Phi) is 5.66. The number of benzene rings is 1. The highest BCUT2D eigenvalue weighted by Crippen LogP contribution is 2.54. The lowest BCUT2D eigenvalue weighted by Gasteiger charge is -2.24. The van der Waals surface area contributed by atoms with Gasteiger partial charge in [-0.05, 0) is 43.1 Å². The number of cyclic esters (lactones) is 1. The van der Waals surface area contributed by atoms with Crippen LogP contribution in [0.3, 0.4) is 0 Å². The Labute approximate surface area is 182 Å². The SMILES string of the molecule is C=C1CC2COC(=O)C2(CC2=CC(Br)C=C(OCc3ccccc3Br)C=C2)C1. The highest BCUT2D eigenvalue weighted by molar-refractivity contribution is 9.10. The molecule has 1 aliphatic heterocycles. The van der Waals surface area contributed by atoms with E-state index in [4.69, 9.17) is 9.47 Å². The van der Waals surface area contributed by atoms with Crippen molar-refractivity contribution in [2.75, 3.05) is 6.61 Å². The lowest BCUT2D eigenvalue weighted by molar-refractivity contribution is -0.146. The van der Waals surface area contributed by atoms with Crippen LogP contribution in [-0.2, 0) is 20.9 Å². The zero-order chi connectivity index (χ0) is 19.7. The van der Waals surface area contributed by atoms with E-state index in [2.05, 4.69) is 50.6 Å². The van der Waals surface area contributed by atoms with Crippen LogP contribution in [0, 0.1) is 11.3 Å². The fraction of sp³-hybridized carbons (Fsp3) is 0.348. The minimum absolute atomic E-state index is 0.0450. The Hall–Kier alpha value is -1.59. The van der Waals surface area contributed by atoms with Crippen molar-refractivity contribution in [1.29, 1.82) is 0 Å². The van der Waals surface area contributed by atoms with Gasteiger partial charge in [0.25, 0.3) is 0 Å². The highest BCUT2D eigenvalue weighted by atomic mass is 79.9. The van der Waals surface area contributed by atoms with Crippen LogP contribution in [0.15, 0.2) is 76.5 Å². The zero-order valence-corrected chi connectivity index (χ0v) is 18.7. The van der Waals surface area contributed by atoms with Crippen molar-refractivity contribution >= 4 is 37.8 Å². The minimum Gasteiger partial charge on any atom is -0.489 e. The molecule has 3 unspecified atom stereocenters. The molecule has 5 heteroatoms. The highest BCUT2D eigenvalue weighted by Gasteiger charge is 2.56. The molecule has 3 atom stereocenters. The van der Waals surface area contributed by atoms with Gasteiger partial charge >= 0.3 is 5.97 Å². The molecular weight excluding hydrogens is 484 g/mol. The molecule has 0 N–H and O–H groups in total. The van der Waals surface area contributed by atoms with Crippen LogP contribution in [0.5, 0.6) is 0 Å². The maximum absolute atomic E-state index is 12.6. The summed E-state index contributed by atoms with van der Waals surface area (Å²) in [6.07, 6.45) is 10.5. The number of carbonyl (C=O) groups is 1. The molecule has 3 nitrogen and oxygen atoms in total. The molecule has 28 heavy (non-hydrogen) atoms. The van der Waals surface area contributed by atoms with Gasteiger partial charge in [0.05, 0.1) is 16.8 Å². The molecule has 1 aromatic carbocycles. The summed E-state index contributed by atoms with van der Waals surface area (Å²) in [6, 6.07) is 8.04. The first-order chi connectivity index (χ1) is 13.5. The van der Waals surface area contributed by atoms with Crippen LogP contribution in [0.2, 0.25) is 0 Å². The Balaban J connectivity index is 1.47. The van der Waals surface area contributed by atoms with E-state index >= 15 is 0 Å². The third-order valence-electron chi connectivity index (χ3n) is 5.73. The van der Waals surface area contributed by atoms with E-state index in [0.717, 1.165) is 39.8 Å². The maximum atomic E-state index is 12.6. The van der Waals surface area contributed by atoms with Crippen LogP contribution < -0.4 is 0 Å². The van der Waals surface area contributed by atoms with E-state index in [1.807, 2.05) is 36.4 Å². The van der Waals surface area contributed by atoms with Gasteiger partial charge < -0.3 is 9.47 Å². The van der Waals surface area contributed by atoms with Crippen molar-refractivity contribution < 1.29 is 14.3 Å². The molecule has 1 aromatic rings. The maximum Gasteiger partial charge on any atom is 0.313 e. The molecule has 0 aromatic heterocycles. The molecule has 0 amide bonds. The number of fused-ring (bicyclic) bond motifs is 1. The first-order valence-corrected chi connectivity index (χ1v) is 11.1. The first-order valence-electron chi connectivity index (χ1n) is 9.41. The Bertz CT molecular complexity index is 899. The minimum atomic E-state index is -0.444. The van der Waals surface area contributed by atoms with E-state index in [9.17, 15) is 4.79 Å². The van der Waals surface area contributed by atoms with Gasteiger partial charge in [0.2, 0.25) is 0 Å². The topological polar surface area (TPSA) is 35.5 Å². The van der Waals surface area contributed by atoms with Gasteiger partial charge in [0, 0.05) is 16.0 Å². The number of alkyl halides is 1. The third kappa shape index (κ3) is 3.92. The number of allylic oxidation sites excluding steroid dienone is 6. The largest absolute Gasteiger partial charge is 0.489 e. The third-order valence-corrected chi connectivity index (χ3v) is 7.04. The number of carbonyl (C=O) groups excluding carboxylic acids is 1. The van der Waals surface area contributed by atoms with E-state index in [1.165, 1.54) is 0 Å². The summed E-state index contributed by atoms with van der Waals surface area (Å²) >= 11 is 7.25. The van der Waals surface area contributed by atoms with Gasteiger partial charge in [-0.3, -0.25) is 4.79 Å². The Morgan fingerprint density at radius 3 is 2.89 bits per heavy atom. The molecular formula is C23H22Br2O3. The van der Waals surface area contributed by atoms with Gasteiger partial charge in [-0.15, -0.1) is 0 Å².